The molecule has 0 bridgehead atoms. The van der Waals surface area contributed by atoms with Crippen LogP contribution in [0.5, 0.6) is 0 Å². The van der Waals surface area contributed by atoms with Crippen LogP contribution in [0.3, 0.4) is 0 Å². The maximum absolute atomic E-state index is 8.82. The molecule has 0 aromatic heterocycles. The third kappa shape index (κ3) is 6.15. The molecule has 0 rings (SSSR count). The molecule has 0 radical (unpaired) electrons. The number of hydrogen-bond donors (Lipinski definition) is 2. The Labute approximate surface area is 61.0 Å². The second-order valence-electron chi connectivity index (χ2n) is 1.94. The van der Waals surface area contributed by atoms with Crippen molar-refractivity contribution in [2.45, 2.75) is 32.4 Å². The van der Waals surface area contributed by atoms with Crippen LogP contribution in [-0.4, -0.2) is 22.5 Å². The topological polar surface area (TPSA) is 32.3 Å². The first kappa shape index (κ1) is 9.27. The summed E-state index contributed by atoms with van der Waals surface area (Å²) in [6.45, 7) is 5.87. The maximum Gasteiger partial charge on any atom is 0.102 e. The molecule has 9 heavy (non-hydrogen) atoms. The molecular weight excluding hydrogens is 134 g/mol. The lowest BCUT2D eigenvalue weighted by molar-refractivity contribution is 0.155. The number of hydrogen-bond acceptors (Lipinski definition) is 3. The highest BCUT2D eigenvalue weighted by Crippen LogP contribution is 2.05. The van der Waals surface area contributed by atoms with E-state index >= 15 is 0 Å². The number of thioether (sulfide) groups is 1. The van der Waals surface area contributed by atoms with Crippen molar-refractivity contribution in [3.8, 4) is 0 Å². The fraction of sp³-hybridized carbons (Fsp3) is 1.00. The van der Waals surface area contributed by atoms with E-state index in [1.54, 1.807) is 18.7 Å². The first-order valence-electron chi connectivity index (χ1n) is 3.22. The first-order valence-corrected chi connectivity index (χ1v) is 4.27. The van der Waals surface area contributed by atoms with E-state index in [0.717, 1.165) is 5.75 Å². The van der Waals surface area contributed by atoms with Gasteiger partial charge in [0.05, 0.1) is 5.37 Å². The van der Waals surface area contributed by atoms with E-state index < -0.39 is 0 Å². The fourth-order valence-corrected chi connectivity index (χ4v) is 1.43. The zero-order valence-electron chi connectivity index (χ0n) is 6.22. The van der Waals surface area contributed by atoms with Crippen LogP contribution in [0.15, 0.2) is 0 Å². The third-order valence-corrected chi connectivity index (χ3v) is 1.86. The normalized spacial score (nSPS) is 17.3. The molecule has 0 saturated carbocycles. The monoisotopic (exact) mass is 149 g/mol. The largest absolute Gasteiger partial charge is 0.379 e. The molecule has 0 aliphatic heterocycles. The quantitative estimate of drug-likeness (QED) is 0.585. The summed E-state index contributed by atoms with van der Waals surface area (Å²) in [4.78, 5) is 0. The van der Waals surface area contributed by atoms with Crippen LogP contribution in [-0.2, 0) is 0 Å². The Morgan fingerprint density at radius 1 is 1.56 bits per heavy atom. The molecule has 0 fully saturated rings. The van der Waals surface area contributed by atoms with Crippen LogP contribution < -0.4 is 5.32 Å². The zero-order chi connectivity index (χ0) is 7.28. The summed E-state index contributed by atoms with van der Waals surface area (Å²) in [5, 5.41) is 12.1. The van der Waals surface area contributed by atoms with Crippen molar-refractivity contribution in [2.75, 3.05) is 5.75 Å². The van der Waals surface area contributed by atoms with Crippen LogP contribution in [0.4, 0.5) is 0 Å². The van der Waals surface area contributed by atoms with Crippen molar-refractivity contribution in [3.05, 3.63) is 0 Å². The SMILES string of the molecule is CCSC(C)NC(C)O. The summed E-state index contributed by atoms with van der Waals surface area (Å²) in [5.41, 5.74) is 0. The molecule has 3 heteroatoms. The second kappa shape index (κ2) is 5.09. The van der Waals surface area contributed by atoms with Gasteiger partial charge in [-0.2, -0.15) is 0 Å². The number of rotatable bonds is 4. The van der Waals surface area contributed by atoms with E-state index in [-0.39, 0.29) is 6.23 Å². The minimum absolute atomic E-state index is 0.356. The maximum atomic E-state index is 8.82. The molecule has 2 atom stereocenters. The van der Waals surface area contributed by atoms with Gasteiger partial charge >= 0.3 is 0 Å². The van der Waals surface area contributed by atoms with E-state index in [4.69, 9.17) is 5.11 Å². The lowest BCUT2D eigenvalue weighted by Gasteiger charge is -2.13. The smallest absolute Gasteiger partial charge is 0.102 e. The molecule has 0 heterocycles. The highest BCUT2D eigenvalue weighted by atomic mass is 32.2. The van der Waals surface area contributed by atoms with Gasteiger partial charge in [0, 0.05) is 0 Å². The molecule has 0 aliphatic carbocycles. The summed E-state index contributed by atoms with van der Waals surface area (Å²) in [7, 11) is 0. The first-order chi connectivity index (χ1) is 4.16. The minimum Gasteiger partial charge on any atom is -0.379 e. The van der Waals surface area contributed by atoms with Crippen LogP contribution in [0.1, 0.15) is 20.8 Å². The molecule has 0 spiro atoms. The molecule has 0 saturated heterocycles. The van der Waals surface area contributed by atoms with Gasteiger partial charge in [-0.3, -0.25) is 5.32 Å². The highest BCUT2D eigenvalue weighted by Gasteiger charge is 2.01. The van der Waals surface area contributed by atoms with Gasteiger partial charge in [-0.25, -0.2) is 0 Å². The molecular formula is C6H15NOS. The number of aliphatic hydroxyl groups is 1. The van der Waals surface area contributed by atoms with E-state index in [1.807, 2.05) is 6.92 Å². The Kier molecular flexibility index (Phi) is 5.24. The van der Waals surface area contributed by atoms with Gasteiger partial charge in [0.15, 0.2) is 0 Å². The average Bonchev–Trinajstić information content (AvgIpc) is 1.63. The molecule has 2 nitrogen and oxygen atoms in total. The van der Waals surface area contributed by atoms with Gasteiger partial charge in [-0.1, -0.05) is 6.92 Å². The molecule has 0 aromatic rings. The number of nitrogens with one attached hydrogen (secondary N) is 1. The summed E-state index contributed by atoms with van der Waals surface area (Å²) < 4.78 is 0. The van der Waals surface area contributed by atoms with Crippen molar-refractivity contribution in [2.24, 2.45) is 0 Å². The van der Waals surface area contributed by atoms with Crippen molar-refractivity contribution < 1.29 is 5.11 Å². The Morgan fingerprint density at radius 3 is 2.44 bits per heavy atom. The summed E-state index contributed by atoms with van der Waals surface area (Å²) >= 11 is 1.79. The predicted molar refractivity (Wildman–Crippen MR) is 42.4 cm³/mol. The average molecular weight is 149 g/mol. The third-order valence-electron chi connectivity index (χ3n) is 0.893. The molecule has 2 N–H and O–H groups in total. The van der Waals surface area contributed by atoms with Crippen molar-refractivity contribution in [3.63, 3.8) is 0 Å². The molecule has 0 aromatic carbocycles. The minimum atomic E-state index is -0.390. The standard InChI is InChI=1S/C6H15NOS/c1-4-9-6(3)7-5(2)8/h5-8H,4H2,1-3H3. The van der Waals surface area contributed by atoms with Crippen LogP contribution in [0.2, 0.25) is 0 Å². The lowest BCUT2D eigenvalue weighted by atomic mass is 10.6. The van der Waals surface area contributed by atoms with Crippen molar-refractivity contribution in [1.29, 1.82) is 0 Å². The Hall–Kier alpha value is 0.270. The number of aliphatic hydroxyl groups excluding tert-OH is 1. The molecule has 56 valence electrons. The van der Waals surface area contributed by atoms with Gasteiger partial charge in [-0.05, 0) is 19.6 Å². The van der Waals surface area contributed by atoms with E-state index in [9.17, 15) is 0 Å². The summed E-state index contributed by atoms with van der Waals surface area (Å²) in [5.74, 6) is 1.08. The fourth-order valence-electron chi connectivity index (χ4n) is 0.638. The zero-order valence-corrected chi connectivity index (χ0v) is 7.03. The van der Waals surface area contributed by atoms with Gasteiger partial charge < -0.3 is 5.11 Å². The van der Waals surface area contributed by atoms with Gasteiger partial charge in [-0.15, -0.1) is 11.8 Å². The van der Waals surface area contributed by atoms with Gasteiger partial charge in [0.25, 0.3) is 0 Å². The van der Waals surface area contributed by atoms with E-state index in [2.05, 4.69) is 12.2 Å². The second-order valence-corrected chi connectivity index (χ2v) is 3.56. The van der Waals surface area contributed by atoms with Crippen LogP contribution >= 0.6 is 11.8 Å². The van der Waals surface area contributed by atoms with Gasteiger partial charge in [0.1, 0.15) is 6.23 Å². The summed E-state index contributed by atoms with van der Waals surface area (Å²) in [6, 6.07) is 0. The Balaban J connectivity index is 3.15. The van der Waals surface area contributed by atoms with Gasteiger partial charge in [0.2, 0.25) is 0 Å². The lowest BCUT2D eigenvalue weighted by Crippen LogP contribution is -2.31. The van der Waals surface area contributed by atoms with Crippen molar-refractivity contribution >= 4 is 11.8 Å². The van der Waals surface area contributed by atoms with E-state index in [1.165, 1.54) is 0 Å². The van der Waals surface area contributed by atoms with Crippen molar-refractivity contribution in [1.82, 2.24) is 5.32 Å². The van der Waals surface area contributed by atoms with Crippen LogP contribution in [0, 0.1) is 0 Å². The molecule has 0 aliphatic rings. The summed E-state index contributed by atoms with van der Waals surface area (Å²) in [6.07, 6.45) is -0.390. The molecule has 0 amide bonds. The Morgan fingerprint density at radius 2 is 2.11 bits per heavy atom. The van der Waals surface area contributed by atoms with Crippen LogP contribution in [0.25, 0.3) is 0 Å². The van der Waals surface area contributed by atoms with E-state index in [0.29, 0.717) is 5.37 Å². The highest BCUT2D eigenvalue weighted by molar-refractivity contribution is 7.99. The molecule has 2 unspecified atom stereocenters. The Bertz CT molecular complexity index is 68.1. The predicted octanol–water partition coefficient (Wildman–Crippen LogP) is 1.01.